The third-order valence-corrected chi connectivity index (χ3v) is 3.57. The summed E-state index contributed by atoms with van der Waals surface area (Å²) in [5, 5.41) is 0. The summed E-state index contributed by atoms with van der Waals surface area (Å²) in [5.41, 5.74) is 0. The molecule has 3 heteroatoms. The minimum Gasteiger partial charge on any atom is -0.300 e. The first kappa shape index (κ1) is 11.1. The third-order valence-electron chi connectivity index (χ3n) is 2.58. The lowest BCUT2D eigenvalue weighted by Gasteiger charge is -2.25. The summed E-state index contributed by atoms with van der Waals surface area (Å²) >= 11 is 2.03. The van der Waals surface area contributed by atoms with Crippen molar-refractivity contribution >= 4 is 17.5 Å². The highest BCUT2D eigenvalue weighted by atomic mass is 32.2. The molecule has 1 fully saturated rings. The molecule has 0 aromatic heterocycles. The molecule has 0 radical (unpaired) electrons. The quantitative estimate of drug-likeness (QED) is 0.694. The number of Topliss-reactive ketones (excluding diaryl/α,β-unsaturated/α-hetero) is 1. The van der Waals surface area contributed by atoms with Crippen LogP contribution in [0, 0.1) is 0 Å². The summed E-state index contributed by atoms with van der Waals surface area (Å²) in [6.45, 7) is 6.05. The number of hydrogen-bond donors (Lipinski definition) is 0. The zero-order valence-electron chi connectivity index (χ0n) is 8.58. The summed E-state index contributed by atoms with van der Waals surface area (Å²) < 4.78 is 0. The van der Waals surface area contributed by atoms with Crippen molar-refractivity contribution in [1.82, 2.24) is 4.90 Å². The highest BCUT2D eigenvalue weighted by molar-refractivity contribution is 7.99. The van der Waals surface area contributed by atoms with Crippen LogP contribution in [0.15, 0.2) is 0 Å². The highest BCUT2D eigenvalue weighted by Gasteiger charge is 2.16. The van der Waals surface area contributed by atoms with Crippen LogP contribution in [0.5, 0.6) is 0 Å². The van der Waals surface area contributed by atoms with E-state index < -0.39 is 0 Å². The van der Waals surface area contributed by atoms with Gasteiger partial charge in [-0.25, -0.2) is 0 Å². The van der Waals surface area contributed by atoms with Gasteiger partial charge in [-0.1, -0.05) is 0 Å². The second-order valence-corrected chi connectivity index (χ2v) is 4.96. The Kier molecular flexibility index (Phi) is 4.81. The van der Waals surface area contributed by atoms with E-state index in [9.17, 15) is 4.79 Å². The molecule has 1 saturated heterocycles. The van der Waals surface area contributed by atoms with Gasteiger partial charge in [-0.2, -0.15) is 11.8 Å². The zero-order valence-corrected chi connectivity index (χ0v) is 9.40. The molecule has 0 bridgehead atoms. The summed E-state index contributed by atoms with van der Waals surface area (Å²) in [5.74, 6) is 2.81. The topological polar surface area (TPSA) is 20.3 Å². The average Bonchev–Trinajstić information content (AvgIpc) is 2.27. The van der Waals surface area contributed by atoms with E-state index >= 15 is 0 Å². The van der Waals surface area contributed by atoms with Crippen molar-refractivity contribution in [2.24, 2.45) is 0 Å². The van der Waals surface area contributed by atoms with Crippen LogP contribution in [0.25, 0.3) is 0 Å². The van der Waals surface area contributed by atoms with Crippen LogP contribution in [-0.2, 0) is 4.79 Å². The molecule has 0 saturated carbocycles. The van der Waals surface area contributed by atoms with Gasteiger partial charge in [0.15, 0.2) is 0 Å². The lowest BCUT2D eigenvalue weighted by atomic mass is 10.2. The molecule has 1 atom stereocenters. The van der Waals surface area contributed by atoms with Crippen LogP contribution in [-0.4, -0.2) is 41.3 Å². The second-order valence-electron chi connectivity index (χ2n) is 3.74. The molecule has 1 aliphatic rings. The van der Waals surface area contributed by atoms with Crippen LogP contribution in [0.4, 0.5) is 0 Å². The van der Waals surface area contributed by atoms with Gasteiger partial charge in [-0.3, -0.25) is 9.69 Å². The van der Waals surface area contributed by atoms with Gasteiger partial charge in [0.05, 0.1) is 0 Å². The Morgan fingerprint density at radius 1 is 1.54 bits per heavy atom. The molecule has 0 amide bonds. The Hall–Kier alpha value is -0.0200. The minimum atomic E-state index is 0.309. The van der Waals surface area contributed by atoms with E-state index in [1.807, 2.05) is 11.8 Å². The number of nitrogens with zero attached hydrogens (tertiary/aromatic N) is 1. The lowest BCUT2D eigenvalue weighted by Crippen LogP contribution is -2.35. The van der Waals surface area contributed by atoms with Crippen molar-refractivity contribution in [2.45, 2.75) is 32.7 Å². The molecule has 76 valence electrons. The van der Waals surface area contributed by atoms with Gasteiger partial charge in [-0.05, 0) is 26.0 Å². The SMILES string of the molecule is CC(=O)CCN1CCSCCC1C. The second kappa shape index (κ2) is 5.66. The van der Waals surface area contributed by atoms with E-state index in [0.717, 1.165) is 19.5 Å². The van der Waals surface area contributed by atoms with Crippen molar-refractivity contribution in [2.75, 3.05) is 24.6 Å². The number of hydrogen-bond acceptors (Lipinski definition) is 3. The summed E-state index contributed by atoms with van der Waals surface area (Å²) in [6, 6.07) is 0.661. The fourth-order valence-corrected chi connectivity index (χ4v) is 2.65. The summed E-state index contributed by atoms with van der Waals surface area (Å²) in [4.78, 5) is 13.3. The Bertz CT molecular complexity index is 172. The number of thioether (sulfide) groups is 1. The van der Waals surface area contributed by atoms with E-state index in [0.29, 0.717) is 11.8 Å². The molecule has 0 aromatic carbocycles. The Balaban J connectivity index is 2.31. The Morgan fingerprint density at radius 2 is 2.31 bits per heavy atom. The van der Waals surface area contributed by atoms with Gasteiger partial charge in [0, 0.05) is 31.3 Å². The van der Waals surface area contributed by atoms with Crippen molar-refractivity contribution < 1.29 is 4.79 Å². The molecule has 1 rings (SSSR count). The molecule has 0 aromatic rings. The minimum absolute atomic E-state index is 0.309. The molecule has 0 N–H and O–H groups in total. The van der Waals surface area contributed by atoms with E-state index in [1.165, 1.54) is 17.9 Å². The number of carbonyl (C=O) groups excluding carboxylic acids is 1. The molecule has 0 spiro atoms. The molecular formula is C10H19NOS. The van der Waals surface area contributed by atoms with Crippen LogP contribution in [0.3, 0.4) is 0 Å². The number of carbonyl (C=O) groups is 1. The smallest absolute Gasteiger partial charge is 0.131 e. The van der Waals surface area contributed by atoms with E-state index in [-0.39, 0.29) is 0 Å². The first-order valence-corrected chi connectivity index (χ1v) is 6.17. The van der Waals surface area contributed by atoms with E-state index in [2.05, 4.69) is 11.8 Å². The number of ketones is 1. The van der Waals surface area contributed by atoms with Gasteiger partial charge in [-0.15, -0.1) is 0 Å². The molecule has 2 nitrogen and oxygen atoms in total. The monoisotopic (exact) mass is 201 g/mol. The zero-order chi connectivity index (χ0) is 9.68. The van der Waals surface area contributed by atoms with E-state index in [1.54, 1.807) is 6.92 Å². The van der Waals surface area contributed by atoms with Gasteiger partial charge < -0.3 is 0 Å². The normalized spacial score (nSPS) is 25.5. The predicted molar refractivity (Wildman–Crippen MR) is 58.3 cm³/mol. The first-order valence-electron chi connectivity index (χ1n) is 5.01. The largest absolute Gasteiger partial charge is 0.300 e. The van der Waals surface area contributed by atoms with Crippen LogP contribution < -0.4 is 0 Å². The number of rotatable bonds is 3. The van der Waals surface area contributed by atoms with Gasteiger partial charge >= 0.3 is 0 Å². The summed E-state index contributed by atoms with van der Waals surface area (Å²) in [6.07, 6.45) is 1.98. The standard InChI is InChI=1S/C10H19NOS/c1-9-4-7-13-8-6-11(9)5-3-10(2)12/h9H,3-8H2,1-2H3. The van der Waals surface area contributed by atoms with Gasteiger partial charge in [0.25, 0.3) is 0 Å². The fraction of sp³-hybridized carbons (Fsp3) is 0.900. The Labute approximate surface area is 85.1 Å². The molecule has 1 heterocycles. The lowest BCUT2D eigenvalue weighted by molar-refractivity contribution is -0.117. The maximum absolute atomic E-state index is 10.8. The third kappa shape index (κ3) is 4.14. The first-order chi connectivity index (χ1) is 6.20. The van der Waals surface area contributed by atoms with Crippen molar-refractivity contribution in [3.05, 3.63) is 0 Å². The maximum atomic E-state index is 10.8. The van der Waals surface area contributed by atoms with Crippen molar-refractivity contribution in [1.29, 1.82) is 0 Å². The molecule has 1 aliphatic heterocycles. The Morgan fingerprint density at radius 3 is 3.00 bits per heavy atom. The highest BCUT2D eigenvalue weighted by Crippen LogP contribution is 2.15. The summed E-state index contributed by atoms with van der Waals surface area (Å²) in [7, 11) is 0. The van der Waals surface area contributed by atoms with Gasteiger partial charge in [0.2, 0.25) is 0 Å². The average molecular weight is 201 g/mol. The predicted octanol–water partition coefficient (Wildman–Crippen LogP) is 1.79. The van der Waals surface area contributed by atoms with Gasteiger partial charge in [0.1, 0.15) is 5.78 Å². The molecule has 0 aliphatic carbocycles. The molecular weight excluding hydrogens is 182 g/mol. The fourth-order valence-electron chi connectivity index (χ4n) is 1.57. The molecule has 1 unspecified atom stereocenters. The van der Waals surface area contributed by atoms with Crippen molar-refractivity contribution in [3.8, 4) is 0 Å². The van der Waals surface area contributed by atoms with E-state index in [4.69, 9.17) is 0 Å². The molecule has 13 heavy (non-hydrogen) atoms. The van der Waals surface area contributed by atoms with Crippen LogP contribution >= 0.6 is 11.8 Å². The van der Waals surface area contributed by atoms with Crippen LogP contribution in [0.2, 0.25) is 0 Å². The van der Waals surface area contributed by atoms with Crippen LogP contribution in [0.1, 0.15) is 26.7 Å². The maximum Gasteiger partial charge on any atom is 0.131 e. The van der Waals surface area contributed by atoms with Crippen molar-refractivity contribution in [3.63, 3.8) is 0 Å².